The van der Waals surface area contributed by atoms with Crippen molar-refractivity contribution in [3.05, 3.63) is 29.8 Å². The molecule has 0 aliphatic heterocycles. The number of carbonyl (C=O) groups is 2. The molecular weight excluding hydrogens is 240 g/mol. The average molecular weight is 255 g/mol. The zero-order valence-electron chi connectivity index (χ0n) is 9.63. The fraction of sp³-hybridized carbons (Fsp3) is 0.333. The largest absolute Gasteiger partial charge is 0.325 e. The fourth-order valence-corrected chi connectivity index (χ4v) is 1.43. The molecular formula is C12H15ClN2O2. The number of hydrogen-bond donors (Lipinski definition) is 2. The summed E-state index contributed by atoms with van der Waals surface area (Å²) in [5, 5.41) is 4.75. The molecule has 0 aliphatic carbocycles. The summed E-state index contributed by atoms with van der Waals surface area (Å²) in [4.78, 5) is 22.5. The fourth-order valence-electron chi connectivity index (χ4n) is 1.26. The maximum atomic E-state index is 11.4. The Bertz CT molecular complexity index is 390. The lowest BCUT2D eigenvalue weighted by Gasteiger charge is -2.06. The first-order valence-electron chi connectivity index (χ1n) is 5.41. The van der Waals surface area contributed by atoms with Crippen LogP contribution in [-0.2, 0) is 11.2 Å². The summed E-state index contributed by atoms with van der Waals surface area (Å²) in [5.74, 6) is -0.188. The van der Waals surface area contributed by atoms with Crippen molar-refractivity contribution in [2.45, 2.75) is 19.8 Å². The highest BCUT2D eigenvalue weighted by Gasteiger charge is 2.06. The van der Waals surface area contributed by atoms with Crippen LogP contribution in [0, 0.1) is 0 Å². The van der Waals surface area contributed by atoms with Gasteiger partial charge in [0.25, 0.3) is 0 Å². The number of alkyl halides is 1. The number of amides is 3. The molecule has 92 valence electrons. The van der Waals surface area contributed by atoms with Crippen LogP contribution in [0.15, 0.2) is 24.3 Å². The Morgan fingerprint density at radius 3 is 2.41 bits per heavy atom. The van der Waals surface area contributed by atoms with E-state index in [1.165, 1.54) is 5.56 Å². The van der Waals surface area contributed by atoms with Gasteiger partial charge in [-0.2, -0.15) is 0 Å². The number of anilines is 1. The van der Waals surface area contributed by atoms with Crippen molar-refractivity contribution in [1.29, 1.82) is 0 Å². The van der Waals surface area contributed by atoms with Gasteiger partial charge in [-0.15, -0.1) is 11.6 Å². The van der Waals surface area contributed by atoms with Crippen molar-refractivity contribution in [1.82, 2.24) is 5.32 Å². The normalized spacial score (nSPS) is 9.76. The Balaban J connectivity index is 2.47. The molecule has 0 fully saturated rings. The number of carbonyl (C=O) groups excluding carboxylic acids is 2. The van der Waals surface area contributed by atoms with Crippen LogP contribution in [0.3, 0.4) is 0 Å². The van der Waals surface area contributed by atoms with Crippen molar-refractivity contribution >= 4 is 29.2 Å². The van der Waals surface area contributed by atoms with Gasteiger partial charge in [0.2, 0.25) is 5.91 Å². The van der Waals surface area contributed by atoms with Crippen LogP contribution in [-0.4, -0.2) is 17.8 Å². The van der Waals surface area contributed by atoms with Crippen LogP contribution < -0.4 is 10.6 Å². The van der Waals surface area contributed by atoms with Crippen molar-refractivity contribution in [2.75, 3.05) is 11.2 Å². The van der Waals surface area contributed by atoms with E-state index in [0.717, 1.165) is 6.42 Å². The van der Waals surface area contributed by atoms with E-state index in [-0.39, 0.29) is 18.2 Å². The smallest absolute Gasteiger partial charge is 0.308 e. The molecule has 0 atom stereocenters. The van der Waals surface area contributed by atoms with Gasteiger partial charge in [-0.1, -0.05) is 19.1 Å². The first-order chi connectivity index (χ1) is 8.15. The molecule has 0 saturated carbocycles. The molecule has 4 nitrogen and oxygen atoms in total. The van der Waals surface area contributed by atoms with Crippen molar-refractivity contribution < 1.29 is 9.59 Å². The molecule has 0 heterocycles. The van der Waals surface area contributed by atoms with Crippen LogP contribution in [0.4, 0.5) is 10.5 Å². The third-order valence-electron chi connectivity index (χ3n) is 2.19. The quantitative estimate of drug-likeness (QED) is 0.812. The number of rotatable bonds is 4. The summed E-state index contributed by atoms with van der Waals surface area (Å²) >= 11 is 5.38. The summed E-state index contributed by atoms with van der Waals surface area (Å²) in [5.41, 5.74) is 1.84. The summed E-state index contributed by atoms with van der Waals surface area (Å²) < 4.78 is 0. The predicted octanol–water partition coefficient (Wildman–Crippen LogP) is 2.53. The molecule has 0 unspecified atom stereocenters. The zero-order valence-corrected chi connectivity index (χ0v) is 10.4. The van der Waals surface area contributed by atoms with E-state index in [4.69, 9.17) is 11.6 Å². The molecule has 0 spiro atoms. The van der Waals surface area contributed by atoms with Crippen LogP contribution in [0.25, 0.3) is 0 Å². The van der Waals surface area contributed by atoms with Gasteiger partial charge < -0.3 is 5.32 Å². The molecule has 2 N–H and O–H groups in total. The lowest BCUT2D eigenvalue weighted by atomic mass is 10.1. The summed E-state index contributed by atoms with van der Waals surface area (Å²) in [6, 6.07) is 6.91. The van der Waals surface area contributed by atoms with Crippen LogP contribution in [0.1, 0.15) is 18.9 Å². The monoisotopic (exact) mass is 254 g/mol. The Morgan fingerprint density at radius 2 is 1.88 bits per heavy atom. The number of halogens is 1. The highest BCUT2D eigenvalue weighted by atomic mass is 35.5. The second-order valence-corrected chi connectivity index (χ2v) is 3.87. The predicted molar refractivity (Wildman–Crippen MR) is 68.3 cm³/mol. The molecule has 0 aliphatic rings. The van der Waals surface area contributed by atoms with Gasteiger partial charge in [-0.05, 0) is 24.1 Å². The maximum absolute atomic E-state index is 11.4. The Morgan fingerprint density at radius 1 is 1.24 bits per heavy atom. The second kappa shape index (κ2) is 6.91. The third-order valence-corrected chi connectivity index (χ3v) is 2.38. The number of imide groups is 1. The number of hydrogen-bond acceptors (Lipinski definition) is 2. The molecule has 1 aromatic rings. The average Bonchev–Trinajstić information content (AvgIpc) is 2.30. The van der Waals surface area contributed by atoms with Gasteiger partial charge >= 0.3 is 6.03 Å². The minimum absolute atomic E-state index is 0.129. The SMILES string of the molecule is CCc1ccc(NC(=O)NC(=O)CCCl)cc1. The van der Waals surface area contributed by atoms with Crippen LogP contribution >= 0.6 is 11.6 Å². The minimum Gasteiger partial charge on any atom is -0.308 e. The van der Waals surface area contributed by atoms with E-state index in [0.29, 0.717) is 5.69 Å². The lowest BCUT2D eigenvalue weighted by Crippen LogP contribution is -2.34. The van der Waals surface area contributed by atoms with E-state index in [1.807, 2.05) is 12.1 Å². The van der Waals surface area contributed by atoms with Gasteiger partial charge in [-0.3, -0.25) is 10.1 Å². The molecule has 0 aromatic heterocycles. The molecule has 3 amide bonds. The molecule has 5 heteroatoms. The number of aryl methyl sites for hydroxylation is 1. The molecule has 0 radical (unpaired) electrons. The van der Waals surface area contributed by atoms with Crippen LogP contribution in [0.5, 0.6) is 0 Å². The molecule has 0 bridgehead atoms. The molecule has 1 aromatic carbocycles. The maximum Gasteiger partial charge on any atom is 0.325 e. The zero-order chi connectivity index (χ0) is 12.7. The topological polar surface area (TPSA) is 58.2 Å². The van der Waals surface area contributed by atoms with Crippen molar-refractivity contribution in [2.24, 2.45) is 0 Å². The van der Waals surface area contributed by atoms with E-state index >= 15 is 0 Å². The van der Waals surface area contributed by atoms with Gasteiger partial charge in [0.1, 0.15) is 0 Å². The molecule has 0 saturated heterocycles. The number of urea groups is 1. The Labute approximate surface area is 105 Å². The summed E-state index contributed by atoms with van der Waals surface area (Å²) in [6.45, 7) is 2.06. The van der Waals surface area contributed by atoms with Crippen LogP contribution in [0.2, 0.25) is 0 Å². The van der Waals surface area contributed by atoms with E-state index in [9.17, 15) is 9.59 Å². The van der Waals surface area contributed by atoms with Crippen molar-refractivity contribution in [3.8, 4) is 0 Å². The highest BCUT2D eigenvalue weighted by Crippen LogP contribution is 2.09. The highest BCUT2D eigenvalue weighted by molar-refractivity contribution is 6.19. The summed E-state index contributed by atoms with van der Waals surface area (Å²) in [7, 11) is 0. The summed E-state index contributed by atoms with van der Waals surface area (Å²) in [6.07, 6.45) is 1.07. The first kappa shape index (κ1) is 13.5. The Kier molecular flexibility index (Phi) is 5.49. The van der Waals surface area contributed by atoms with Gasteiger partial charge in [-0.25, -0.2) is 4.79 Å². The molecule has 17 heavy (non-hydrogen) atoms. The number of nitrogens with one attached hydrogen (secondary N) is 2. The van der Waals surface area contributed by atoms with Crippen molar-refractivity contribution in [3.63, 3.8) is 0 Å². The third kappa shape index (κ3) is 4.87. The lowest BCUT2D eigenvalue weighted by molar-refractivity contribution is -0.119. The van der Waals surface area contributed by atoms with Gasteiger partial charge in [0.15, 0.2) is 0 Å². The number of benzene rings is 1. The van der Waals surface area contributed by atoms with E-state index in [1.54, 1.807) is 12.1 Å². The standard InChI is InChI=1S/C12H15ClN2O2/c1-2-9-3-5-10(6-4-9)14-12(17)15-11(16)7-8-13/h3-6H,2,7-8H2,1H3,(H2,14,15,16,17). The second-order valence-electron chi connectivity index (χ2n) is 3.49. The van der Waals surface area contributed by atoms with E-state index in [2.05, 4.69) is 17.6 Å². The first-order valence-corrected chi connectivity index (χ1v) is 5.95. The Hall–Kier alpha value is -1.55. The van der Waals surface area contributed by atoms with Gasteiger partial charge in [0.05, 0.1) is 0 Å². The molecule has 1 rings (SSSR count). The van der Waals surface area contributed by atoms with Gasteiger partial charge in [0, 0.05) is 18.0 Å². The minimum atomic E-state index is -0.538. The van der Waals surface area contributed by atoms with E-state index < -0.39 is 6.03 Å².